The number of fused-ring (bicyclic) bond motifs is 1. The third-order valence-electron chi connectivity index (χ3n) is 1.84. The van der Waals surface area contributed by atoms with Crippen molar-refractivity contribution in [3.05, 3.63) is 41.7 Å². The van der Waals surface area contributed by atoms with Gasteiger partial charge < -0.3 is 5.32 Å². The zero-order chi connectivity index (χ0) is 9.10. The van der Waals surface area contributed by atoms with Gasteiger partial charge in [-0.3, -0.25) is 4.99 Å². The van der Waals surface area contributed by atoms with E-state index in [1.165, 1.54) is 0 Å². The lowest BCUT2D eigenvalue weighted by Gasteiger charge is -2.07. The van der Waals surface area contributed by atoms with Crippen LogP contribution >= 0.6 is 11.6 Å². The first-order valence-electron chi connectivity index (χ1n) is 4.04. The molecule has 0 fully saturated rings. The van der Waals surface area contributed by atoms with E-state index in [2.05, 4.69) is 10.3 Å². The number of hydrogen-bond acceptors (Lipinski definition) is 2. The molecule has 1 N–H and O–H groups in total. The SMILES string of the molecule is ClCC1=CN=Cc2ccccc2N1. The number of nitrogens with one attached hydrogen (secondary N) is 1. The van der Waals surface area contributed by atoms with Crippen LogP contribution in [-0.4, -0.2) is 12.1 Å². The molecule has 66 valence electrons. The van der Waals surface area contributed by atoms with Crippen molar-refractivity contribution in [3.8, 4) is 0 Å². The lowest BCUT2D eigenvalue weighted by Crippen LogP contribution is -2.00. The van der Waals surface area contributed by atoms with Gasteiger partial charge in [0, 0.05) is 29.4 Å². The zero-order valence-electron chi connectivity index (χ0n) is 7.00. The van der Waals surface area contributed by atoms with Gasteiger partial charge in [0.15, 0.2) is 0 Å². The molecule has 0 saturated heterocycles. The molecule has 0 atom stereocenters. The highest BCUT2D eigenvalue weighted by Gasteiger charge is 2.03. The molecule has 1 heterocycles. The summed E-state index contributed by atoms with van der Waals surface area (Å²) in [4.78, 5) is 4.13. The number of hydrogen-bond donors (Lipinski definition) is 1. The Labute approximate surface area is 81.9 Å². The molecule has 0 spiro atoms. The van der Waals surface area contributed by atoms with Gasteiger partial charge in [0.05, 0.1) is 5.88 Å². The van der Waals surface area contributed by atoms with Crippen LogP contribution < -0.4 is 5.32 Å². The van der Waals surface area contributed by atoms with Crippen LogP contribution in [0.25, 0.3) is 0 Å². The van der Waals surface area contributed by atoms with E-state index in [0.717, 1.165) is 16.9 Å². The summed E-state index contributed by atoms with van der Waals surface area (Å²) in [6.45, 7) is 0. The van der Waals surface area contributed by atoms with Crippen molar-refractivity contribution >= 4 is 23.5 Å². The molecular weight excluding hydrogens is 184 g/mol. The maximum absolute atomic E-state index is 5.71. The molecule has 0 bridgehead atoms. The van der Waals surface area contributed by atoms with Gasteiger partial charge >= 0.3 is 0 Å². The quantitative estimate of drug-likeness (QED) is 0.680. The Hall–Kier alpha value is -1.28. The summed E-state index contributed by atoms with van der Waals surface area (Å²) >= 11 is 5.71. The minimum absolute atomic E-state index is 0.450. The Morgan fingerprint density at radius 3 is 3.00 bits per heavy atom. The molecule has 2 nitrogen and oxygen atoms in total. The van der Waals surface area contributed by atoms with Gasteiger partial charge in [-0.25, -0.2) is 0 Å². The molecule has 1 aliphatic rings. The average Bonchev–Trinajstić information content (AvgIpc) is 2.38. The van der Waals surface area contributed by atoms with Crippen molar-refractivity contribution in [2.45, 2.75) is 0 Å². The lowest BCUT2D eigenvalue weighted by molar-refractivity contribution is 1.35. The first kappa shape index (κ1) is 8.32. The van der Waals surface area contributed by atoms with Crippen molar-refractivity contribution < 1.29 is 0 Å². The number of halogens is 1. The molecule has 1 aromatic carbocycles. The molecule has 1 aliphatic heterocycles. The van der Waals surface area contributed by atoms with Crippen molar-refractivity contribution in [3.63, 3.8) is 0 Å². The molecule has 3 heteroatoms. The van der Waals surface area contributed by atoms with Crippen LogP contribution in [0.2, 0.25) is 0 Å². The largest absolute Gasteiger partial charge is 0.356 e. The highest BCUT2D eigenvalue weighted by molar-refractivity contribution is 6.19. The first-order valence-corrected chi connectivity index (χ1v) is 4.58. The minimum Gasteiger partial charge on any atom is -0.356 e. The van der Waals surface area contributed by atoms with Gasteiger partial charge in [-0.15, -0.1) is 11.6 Å². The molecule has 0 radical (unpaired) electrons. The second-order valence-electron chi connectivity index (χ2n) is 2.78. The van der Waals surface area contributed by atoms with Crippen molar-refractivity contribution in [1.29, 1.82) is 0 Å². The fourth-order valence-electron chi connectivity index (χ4n) is 1.20. The van der Waals surface area contributed by atoms with E-state index in [1.807, 2.05) is 30.5 Å². The summed E-state index contributed by atoms with van der Waals surface area (Å²) in [6.07, 6.45) is 3.56. The van der Waals surface area contributed by atoms with E-state index in [-0.39, 0.29) is 0 Å². The fraction of sp³-hybridized carbons (Fsp3) is 0.100. The molecule has 0 amide bonds. The van der Waals surface area contributed by atoms with E-state index < -0.39 is 0 Å². The Morgan fingerprint density at radius 2 is 2.15 bits per heavy atom. The molecule has 1 aromatic rings. The van der Waals surface area contributed by atoms with Crippen LogP contribution in [0.5, 0.6) is 0 Å². The van der Waals surface area contributed by atoms with Crippen molar-refractivity contribution in [1.82, 2.24) is 0 Å². The Bertz CT molecular complexity index is 369. The number of allylic oxidation sites excluding steroid dienone is 1. The van der Waals surface area contributed by atoms with Crippen LogP contribution in [0.4, 0.5) is 5.69 Å². The fourth-order valence-corrected chi connectivity index (χ4v) is 1.34. The van der Waals surface area contributed by atoms with E-state index >= 15 is 0 Å². The van der Waals surface area contributed by atoms with E-state index in [4.69, 9.17) is 11.6 Å². The summed E-state index contributed by atoms with van der Waals surface area (Å²) in [5.41, 5.74) is 3.05. The van der Waals surface area contributed by atoms with Crippen LogP contribution in [-0.2, 0) is 0 Å². The van der Waals surface area contributed by atoms with Crippen LogP contribution in [0, 0.1) is 0 Å². The van der Waals surface area contributed by atoms with Gasteiger partial charge in [0.25, 0.3) is 0 Å². The van der Waals surface area contributed by atoms with Gasteiger partial charge in [0.2, 0.25) is 0 Å². The molecule has 13 heavy (non-hydrogen) atoms. The minimum atomic E-state index is 0.450. The summed E-state index contributed by atoms with van der Waals surface area (Å²) in [5.74, 6) is 0.450. The number of rotatable bonds is 1. The Kier molecular flexibility index (Phi) is 2.32. The van der Waals surface area contributed by atoms with Gasteiger partial charge in [-0.05, 0) is 6.07 Å². The lowest BCUT2D eigenvalue weighted by atomic mass is 10.2. The Morgan fingerprint density at radius 1 is 1.31 bits per heavy atom. The maximum atomic E-state index is 5.71. The number of anilines is 1. The molecule has 0 aromatic heterocycles. The summed E-state index contributed by atoms with van der Waals surface area (Å²) in [7, 11) is 0. The zero-order valence-corrected chi connectivity index (χ0v) is 7.75. The average molecular weight is 193 g/mol. The molecule has 0 saturated carbocycles. The van der Waals surface area contributed by atoms with Crippen molar-refractivity contribution in [2.24, 2.45) is 4.99 Å². The summed E-state index contributed by atoms with van der Waals surface area (Å²) in [5, 5.41) is 3.21. The van der Waals surface area contributed by atoms with Crippen LogP contribution in [0.3, 0.4) is 0 Å². The molecule has 2 rings (SSSR count). The van der Waals surface area contributed by atoms with E-state index in [9.17, 15) is 0 Å². The molecular formula is C10H9ClN2. The number of nitrogens with zero attached hydrogens (tertiary/aromatic N) is 1. The first-order chi connectivity index (χ1) is 6.40. The smallest absolute Gasteiger partial charge is 0.0640 e. The standard InChI is InChI=1S/C10H9ClN2/c11-5-9-7-12-6-8-3-1-2-4-10(8)13-9/h1-4,6-7,13H,5H2. The number of aliphatic imine (C=N–C) groups is 1. The molecule has 0 unspecified atom stereocenters. The topological polar surface area (TPSA) is 24.4 Å². The summed E-state index contributed by atoms with van der Waals surface area (Å²) < 4.78 is 0. The van der Waals surface area contributed by atoms with Crippen LogP contribution in [0.1, 0.15) is 5.56 Å². The highest BCUT2D eigenvalue weighted by Crippen LogP contribution is 2.17. The van der Waals surface area contributed by atoms with Crippen molar-refractivity contribution in [2.75, 3.05) is 11.2 Å². The number of benzene rings is 1. The van der Waals surface area contributed by atoms with E-state index in [0.29, 0.717) is 5.88 Å². The predicted molar refractivity (Wildman–Crippen MR) is 56.5 cm³/mol. The predicted octanol–water partition coefficient (Wildman–Crippen LogP) is 2.61. The number of alkyl halides is 1. The van der Waals surface area contributed by atoms with Gasteiger partial charge in [-0.1, -0.05) is 18.2 Å². The van der Waals surface area contributed by atoms with Gasteiger partial charge in [0.1, 0.15) is 0 Å². The molecule has 0 aliphatic carbocycles. The monoisotopic (exact) mass is 192 g/mol. The second kappa shape index (κ2) is 3.62. The van der Waals surface area contributed by atoms with E-state index in [1.54, 1.807) is 6.20 Å². The maximum Gasteiger partial charge on any atom is 0.0640 e. The van der Waals surface area contributed by atoms with Gasteiger partial charge in [-0.2, -0.15) is 0 Å². The second-order valence-corrected chi connectivity index (χ2v) is 3.05. The summed E-state index contributed by atoms with van der Waals surface area (Å²) in [6, 6.07) is 7.99. The third-order valence-corrected chi connectivity index (χ3v) is 2.13. The highest BCUT2D eigenvalue weighted by atomic mass is 35.5. The number of para-hydroxylation sites is 1. The van der Waals surface area contributed by atoms with Crippen LogP contribution in [0.15, 0.2) is 41.2 Å². The normalized spacial score (nSPS) is 14.1. The Balaban J connectivity index is 2.40. The third kappa shape index (κ3) is 1.73.